The van der Waals surface area contributed by atoms with E-state index in [0.717, 1.165) is 85.7 Å². The molecule has 0 bridgehead atoms. The Kier molecular flexibility index (Phi) is 19.1. The third kappa shape index (κ3) is 13.4. The van der Waals surface area contributed by atoms with E-state index < -0.39 is 11.9 Å². The number of nitrogen functional groups attached to an aromatic ring is 1. The fourth-order valence-electron chi connectivity index (χ4n) is 6.97. The highest BCUT2D eigenvalue weighted by Gasteiger charge is 2.22. The van der Waals surface area contributed by atoms with Crippen LogP contribution < -0.4 is 20.8 Å². The monoisotopic (exact) mass is 680 g/mol. The lowest BCUT2D eigenvalue weighted by molar-refractivity contribution is -0.311. The number of carbonyl (C=O) groups is 1. The Balaban J connectivity index is 1.59. The molecule has 268 valence electrons. The van der Waals surface area contributed by atoms with Crippen LogP contribution in [0.2, 0.25) is 5.02 Å². The Morgan fingerprint density at radius 3 is 1.79 bits per heavy atom. The first-order valence-corrected chi connectivity index (χ1v) is 20.0. The summed E-state index contributed by atoms with van der Waals surface area (Å²) in [5, 5.41) is 14.8. The standard InChI is InChI=1S/C42H65ClN2O3/c1-4-7-10-11-12-13-14-15-16-17-18-19-20-21-22-23-24-33(42(46)47)29-36-35-26-25-34(45(27-8-5-2)28-9-6-3)30-40(35)48-41-32-39(44)38(43)31-37(36)41/h25-26,30-33,44H,4-24,27-29H2,1-3H3,(H,46,47). The van der Waals surface area contributed by atoms with E-state index in [1.807, 2.05) is 6.07 Å². The molecule has 1 atom stereocenters. The average molecular weight is 681 g/mol. The summed E-state index contributed by atoms with van der Waals surface area (Å²) < 4.78 is 8.86. The molecule has 0 spiro atoms. The molecule has 0 amide bonds. The van der Waals surface area contributed by atoms with Gasteiger partial charge in [0.15, 0.2) is 0 Å². The van der Waals surface area contributed by atoms with E-state index in [1.165, 1.54) is 83.5 Å². The van der Waals surface area contributed by atoms with Gasteiger partial charge in [-0.25, -0.2) is 4.58 Å². The lowest BCUT2D eigenvalue weighted by Crippen LogP contribution is -2.33. The first-order chi connectivity index (χ1) is 23.4. The smallest absolute Gasteiger partial charge is 0.203 e. The molecule has 0 saturated carbocycles. The predicted octanol–water partition coefficient (Wildman–Crippen LogP) is 10.7. The molecule has 6 heteroatoms. The molecule has 1 aliphatic carbocycles. The molecular formula is C42H65ClN2O3. The fraction of sp³-hybridized carbons (Fsp3) is 0.667. The van der Waals surface area contributed by atoms with E-state index in [0.29, 0.717) is 29.1 Å². The van der Waals surface area contributed by atoms with Crippen LogP contribution in [0.4, 0.5) is 5.69 Å². The van der Waals surface area contributed by atoms with Gasteiger partial charge >= 0.3 is 0 Å². The lowest BCUT2D eigenvalue weighted by atomic mass is 9.88. The first kappa shape index (κ1) is 39.9. The van der Waals surface area contributed by atoms with E-state index in [1.54, 1.807) is 6.07 Å². The summed E-state index contributed by atoms with van der Waals surface area (Å²) in [7, 11) is 0. The SMILES string of the molecule is CCCCCCCCCCCCCCCCCCC(Cc1c2ccc(=[N+](CCCC)CCCC)cc-2oc2cc(N)c(Cl)cc12)C(=O)[O-]. The number of fused-ring (bicyclic) bond motifs is 2. The van der Waals surface area contributed by atoms with E-state index in [2.05, 4.69) is 43.5 Å². The maximum atomic E-state index is 12.4. The molecule has 1 unspecified atom stereocenters. The minimum atomic E-state index is -0.985. The van der Waals surface area contributed by atoms with Crippen molar-refractivity contribution in [2.24, 2.45) is 5.92 Å². The molecule has 5 nitrogen and oxygen atoms in total. The van der Waals surface area contributed by atoms with Gasteiger partial charge in [-0.3, -0.25) is 0 Å². The van der Waals surface area contributed by atoms with Gasteiger partial charge in [0.05, 0.1) is 16.8 Å². The number of hydrogen-bond donors (Lipinski definition) is 1. The number of halogens is 1. The zero-order valence-corrected chi connectivity index (χ0v) is 31.3. The summed E-state index contributed by atoms with van der Waals surface area (Å²) in [6, 6.07) is 9.95. The molecule has 0 fully saturated rings. The van der Waals surface area contributed by atoms with Crippen molar-refractivity contribution in [3.63, 3.8) is 0 Å². The van der Waals surface area contributed by atoms with Gasteiger partial charge < -0.3 is 20.1 Å². The number of carboxylic acids is 1. The molecule has 2 N–H and O–H groups in total. The van der Waals surface area contributed by atoms with Crippen LogP contribution in [0, 0.1) is 5.92 Å². The number of aliphatic carboxylic acids is 1. The van der Waals surface area contributed by atoms with Crippen molar-refractivity contribution in [2.75, 3.05) is 18.8 Å². The zero-order valence-electron chi connectivity index (χ0n) is 30.6. The first-order valence-electron chi connectivity index (χ1n) is 19.6. The topological polar surface area (TPSA) is 82.3 Å². The molecule has 3 rings (SSSR count). The normalized spacial score (nSPS) is 12.2. The van der Waals surface area contributed by atoms with E-state index in [9.17, 15) is 9.90 Å². The molecule has 0 radical (unpaired) electrons. The Bertz CT molecular complexity index is 1390. The Labute approximate surface area is 296 Å². The summed E-state index contributed by atoms with van der Waals surface area (Å²) in [6.07, 6.45) is 26.3. The Morgan fingerprint density at radius 2 is 1.27 bits per heavy atom. The van der Waals surface area contributed by atoms with Crippen LogP contribution in [0.3, 0.4) is 0 Å². The minimum Gasteiger partial charge on any atom is -0.550 e. The number of carboxylic acid groups (broad SMARTS) is 1. The second-order valence-electron chi connectivity index (χ2n) is 14.1. The maximum absolute atomic E-state index is 12.4. The molecule has 0 aromatic heterocycles. The molecule has 2 aliphatic rings. The number of carbonyl (C=O) groups excluding carboxylic acids is 1. The quantitative estimate of drug-likeness (QED) is 0.0396. The number of anilines is 1. The Hall–Kier alpha value is -2.53. The zero-order chi connectivity index (χ0) is 34.6. The van der Waals surface area contributed by atoms with Crippen molar-refractivity contribution < 1.29 is 14.3 Å². The van der Waals surface area contributed by atoms with Gasteiger partial charge in [0.2, 0.25) is 5.36 Å². The third-order valence-corrected chi connectivity index (χ3v) is 10.4. The highest BCUT2D eigenvalue weighted by Crippen LogP contribution is 2.38. The summed E-state index contributed by atoms with van der Waals surface area (Å²) in [5.74, 6) is -0.817. The van der Waals surface area contributed by atoms with Gasteiger partial charge in [-0.15, -0.1) is 0 Å². The lowest BCUT2D eigenvalue weighted by Gasteiger charge is -2.22. The number of nitrogens with two attached hydrogens (primary N) is 1. The Morgan fingerprint density at radius 1 is 0.750 bits per heavy atom. The second-order valence-corrected chi connectivity index (χ2v) is 14.5. The van der Waals surface area contributed by atoms with Crippen molar-refractivity contribution >= 4 is 34.2 Å². The van der Waals surface area contributed by atoms with Crippen molar-refractivity contribution in [3.05, 3.63) is 46.3 Å². The largest absolute Gasteiger partial charge is 0.550 e. The van der Waals surface area contributed by atoms with Gasteiger partial charge in [-0.1, -0.05) is 148 Å². The van der Waals surface area contributed by atoms with Crippen LogP contribution in [-0.2, 0) is 11.2 Å². The molecular weight excluding hydrogens is 616 g/mol. The van der Waals surface area contributed by atoms with E-state index in [4.69, 9.17) is 21.8 Å². The minimum absolute atomic E-state index is 0.374. The number of unbranched alkanes of at least 4 members (excludes halogenated alkanes) is 17. The van der Waals surface area contributed by atoms with Gasteiger partial charge in [0, 0.05) is 47.8 Å². The second kappa shape index (κ2) is 23.0. The predicted molar refractivity (Wildman–Crippen MR) is 203 cm³/mol. The van der Waals surface area contributed by atoms with Gasteiger partial charge in [-0.05, 0) is 30.5 Å². The van der Waals surface area contributed by atoms with Gasteiger partial charge in [0.1, 0.15) is 24.4 Å². The van der Waals surface area contributed by atoms with Crippen molar-refractivity contribution in [2.45, 2.75) is 162 Å². The fourth-order valence-corrected chi connectivity index (χ4v) is 7.13. The summed E-state index contributed by atoms with van der Waals surface area (Å²) >= 11 is 6.48. The third-order valence-electron chi connectivity index (χ3n) is 10.1. The van der Waals surface area contributed by atoms with Crippen LogP contribution in [0.25, 0.3) is 22.3 Å². The highest BCUT2D eigenvalue weighted by molar-refractivity contribution is 6.34. The van der Waals surface area contributed by atoms with Crippen LogP contribution in [0.5, 0.6) is 0 Å². The summed E-state index contributed by atoms with van der Waals surface area (Å²) in [6.45, 7) is 8.71. The molecule has 0 saturated heterocycles. The number of hydrogen-bond acceptors (Lipinski definition) is 4. The van der Waals surface area contributed by atoms with Crippen LogP contribution >= 0.6 is 11.6 Å². The average Bonchev–Trinajstić information content (AvgIpc) is 3.07. The molecule has 1 aromatic carbocycles. The maximum Gasteiger partial charge on any atom is 0.203 e. The summed E-state index contributed by atoms with van der Waals surface area (Å²) in [4.78, 5) is 12.4. The van der Waals surface area contributed by atoms with Crippen molar-refractivity contribution in [3.8, 4) is 11.3 Å². The molecule has 1 heterocycles. The molecule has 1 aliphatic heterocycles. The van der Waals surface area contributed by atoms with Gasteiger partial charge in [0.25, 0.3) is 0 Å². The molecule has 1 aromatic rings. The van der Waals surface area contributed by atoms with Crippen molar-refractivity contribution in [1.29, 1.82) is 0 Å². The van der Waals surface area contributed by atoms with Crippen LogP contribution in [0.1, 0.15) is 161 Å². The van der Waals surface area contributed by atoms with Crippen LogP contribution in [-0.4, -0.2) is 19.1 Å². The van der Waals surface area contributed by atoms with Crippen molar-refractivity contribution in [1.82, 2.24) is 4.58 Å². The number of nitrogens with zero attached hydrogens (tertiary/aromatic N) is 1. The number of benzene rings is 2. The summed E-state index contributed by atoms with van der Waals surface area (Å²) in [5.41, 5.74) is 9.14. The highest BCUT2D eigenvalue weighted by atomic mass is 35.5. The van der Waals surface area contributed by atoms with E-state index in [-0.39, 0.29) is 0 Å². The molecule has 48 heavy (non-hydrogen) atoms. The van der Waals surface area contributed by atoms with Crippen LogP contribution in [0.15, 0.2) is 34.7 Å². The van der Waals surface area contributed by atoms with E-state index >= 15 is 0 Å². The van der Waals surface area contributed by atoms with Gasteiger partial charge in [-0.2, -0.15) is 0 Å². The number of rotatable bonds is 26.